The second-order valence-corrected chi connectivity index (χ2v) is 6.39. The Morgan fingerprint density at radius 1 is 1.00 bits per heavy atom. The summed E-state index contributed by atoms with van der Waals surface area (Å²) in [5, 5.41) is 14.7. The van der Waals surface area contributed by atoms with Gasteiger partial charge in [-0.3, -0.25) is 10.1 Å². The molecule has 0 N–H and O–H groups in total. The van der Waals surface area contributed by atoms with Crippen molar-refractivity contribution in [3.63, 3.8) is 0 Å². The fraction of sp³-hybridized carbons (Fsp3) is 0.143. The lowest BCUT2D eigenvalue weighted by molar-refractivity contribution is -0.481. The van der Waals surface area contributed by atoms with Gasteiger partial charge in [0, 0.05) is 29.1 Å². The molecule has 4 heteroatoms. The summed E-state index contributed by atoms with van der Waals surface area (Å²) in [5.41, 5.74) is 3.07. The number of rotatable bonds is 4. The van der Waals surface area contributed by atoms with Crippen molar-refractivity contribution in [2.45, 2.75) is 5.92 Å². The first-order valence-corrected chi connectivity index (χ1v) is 8.28. The molecule has 4 nitrogen and oxygen atoms in total. The van der Waals surface area contributed by atoms with E-state index in [4.69, 9.17) is 0 Å². The van der Waals surface area contributed by atoms with E-state index in [1.807, 2.05) is 72.4 Å². The van der Waals surface area contributed by atoms with E-state index in [1.165, 1.54) is 0 Å². The summed E-state index contributed by atoms with van der Waals surface area (Å²) in [6.45, 7) is -0.119. The molecule has 3 aromatic carbocycles. The van der Waals surface area contributed by atoms with Crippen LogP contribution in [0.5, 0.6) is 0 Å². The Labute approximate surface area is 145 Å². The second-order valence-electron chi connectivity index (χ2n) is 6.39. The maximum absolute atomic E-state index is 11.4. The average molecular weight is 330 g/mol. The van der Waals surface area contributed by atoms with Crippen LogP contribution in [0.2, 0.25) is 0 Å². The third-order valence-corrected chi connectivity index (χ3v) is 4.81. The van der Waals surface area contributed by atoms with E-state index in [0.717, 1.165) is 32.8 Å². The van der Waals surface area contributed by atoms with Crippen LogP contribution in [0.15, 0.2) is 72.9 Å². The van der Waals surface area contributed by atoms with E-state index in [0.29, 0.717) is 0 Å². The molecule has 0 saturated carbocycles. The fourth-order valence-corrected chi connectivity index (χ4v) is 3.61. The fourth-order valence-electron chi connectivity index (χ4n) is 3.61. The van der Waals surface area contributed by atoms with Crippen molar-refractivity contribution in [3.05, 3.63) is 94.2 Å². The maximum atomic E-state index is 11.4. The van der Waals surface area contributed by atoms with Gasteiger partial charge in [-0.15, -0.1) is 0 Å². The number of nitrogens with zero attached hydrogens (tertiary/aromatic N) is 2. The van der Waals surface area contributed by atoms with Gasteiger partial charge in [0.2, 0.25) is 6.54 Å². The zero-order valence-electron chi connectivity index (χ0n) is 13.9. The Balaban J connectivity index is 1.91. The topological polar surface area (TPSA) is 48.1 Å². The lowest BCUT2D eigenvalue weighted by Gasteiger charge is -2.14. The van der Waals surface area contributed by atoms with Crippen LogP contribution in [0, 0.1) is 10.1 Å². The highest BCUT2D eigenvalue weighted by Gasteiger charge is 2.24. The second kappa shape index (κ2) is 6.06. The maximum Gasteiger partial charge on any atom is 0.214 e. The van der Waals surface area contributed by atoms with Gasteiger partial charge in [0.15, 0.2) is 0 Å². The summed E-state index contributed by atoms with van der Waals surface area (Å²) in [6, 6.07) is 22.3. The zero-order chi connectivity index (χ0) is 17.4. The highest BCUT2D eigenvalue weighted by molar-refractivity contribution is 5.86. The van der Waals surface area contributed by atoms with Gasteiger partial charge in [-0.2, -0.15) is 0 Å². The van der Waals surface area contributed by atoms with Crippen LogP contribution in [0.3, 0.4) is 0 Å². The quantitative estimate of drug-likeness (QED) is 0.401. The third kappa shape index (κ3) is 2.76. The normalized spacial score (nSPS) is 12.5. The molecule has 1 unspecified atom stereocenters. The Kier molecular flexibility index (Phi) is 3.73. The van der Waals surface area contributed by atoms with Crippen molar-refractivity contribution in [3.8, 4) is 0 Å². The number of para-hydroxylation sites is 1. The Bertz CT molecular complexity index is 1080. The Morgan fingerprint density at radius 2 is 1.72 bits per heavy atom. The van der Waals surface area contributed by atoms with E-state index >= 15 is 0 Å². The molecule has 1 aromatic heterocycles. The first-order valence-electron chi connectivity index (χ1n) is 8.28. The van der Waals surface area contributed by atoms with E-state index in [2.05, 4.69) is 12.1 Å². The summed E-state index contributed by atoms with van der Waals surface area (Å²) >= 11 is 0. The molecule has 25 heavy (non-hydrogen) atoms. The van der Waals surface area contributed by atoms with Crippen LogP contribution in [0.4, 0.5) is 0 Å². The molecule has 0 fully saturated rings. The Hall–Kier alpha value is -3.14. The summed E-state index contributed by atoms with van der Waals surface area (Å²) in [7, 11) is 1.98. The predicted octanol–water partition coefficient (Wildman–Crippen LogP) is 4.74. The number of hydrogen-bond donors (Lipinski definition) is 0. The van der Waals surface area contributed by atoms with E-state index in [1.54, 1.807) is 0 Å². The van der Waals surface area contributed by atoms with Crippen molar-refractivity contribution in [2.24, 2.45) is 7.05 Å². The summed E-state index contributed by atoms with van der Waals surface area (Å²) in [4.78, 5) is 11.1. The highest BCUT2D eigenvalue weighted by Crippen LogP contribution is 2.33. The van der Waals surface area contributed by atoms with Gasteiger partial charge >= 0.3 is 0 Å². The monoisotopic (exact) mass is 330 g/mol. The van der Waals surface area contributed by atoms with Gasteiger partial charge < -0.3 is 4.57 Å². The molecule has 0 radical (unpaired) electrons. The first-order chi connectivity index (χ1) is 12.1. The lowest BCUT2D eigenvalue weighted by atomic mass is 9.89. The molecule has 0 saturated heterocycles. The van der Waals surface area contributed by atoms with Crippen molar-refractivity contribution >= 4 is 21.7 Å². The SMILES string of the molecule is Cn1cc(C(C[N+](=O)[O-])c2ccc3ccccc3c2)c2ccccc21. The van der Waals surface area contributed by atoms with Crippen LogP contribution >= 0.6 is 0 Å². The van der Waals surface area contributed by atoms with Crippen molar-refractivity contribution in [1.29, 1.82) is 0 Å². The molecule has 0 aliphatic carbocycles. The van der Waals surface area contributed by atoms with Crippen LogP contribution in [0.1, 0.15) is 17.0 Å². The van der Waals surface area contributed by atoms with Crippen LogP contribution in [0.25, 0.3) is 21.7 Å². The van der Waals surface area contributed by atoms with E-state index < -0.39 is 0 Å². The van der Waals surface area contributed by atoms with Crippen LogP contribution in [-0.4, -0.2) is 16.0 Å². The standard InChI is InChI=1S/C21H18N2O2/c1-22-13-20(18-8-4-5-9-21(18)22)19(14-23(24)25)17-11-10-15-6-2-3-7-16(15)12-17/h2-13,19H,14H2,1H3. The van der Waals surface area contributed by atoms with E-state index in [-0.39, 0.29) is 17.4 Å². The lowest BCUT2D eigenvalue weighted by Crippen LogP contribution is -2.13. The Morgan fingerprint density at radius 3 is 2.52 bits per heavy atom. The third-order valence-electron chi connectivity index (χ3n) is 4.81. The predicted molar refractivity (Wildman–Crippen MR) is 101 cm³/mol. The number of fused-ring (bicyclic) bond motifs is 2. The van der Waals surface area contributed by atoms with Gasteiger partial charge in [-0.25, -0.2) is 0 Å². The molecule has 1 heterocycles. The van der Waals surface area contributed by atoms with Crippen molar-refractivity contribution in [2.75, 3.05) is 6.54 Å². The minimum atomic E-state index is -0.272. The molecule has 4 aromatic rings. The molecular weight excluding hydrogens is 312 g/mol. The minimum Gasteiger partial charge on any atom is -0.350 e. The molecule has 0 aliphatic heterocycles. The molecular formula is C21H18N2O2. The van der Waals surface area contributed by atoms with Crippen LogP contribution < -0.4 is 0 Å². The highest BCUT2D eigenvalue weighted by atomic mass is 16.6. The smallest absolute Gasteiger partial charge is 0.214 e. The summed E-state index contributed by atoms with van der Waals surface area (Å²) < 4.78 is 2.04. The van der Waals surface area contributed by atoms with Crippen molar-refractivity contribution < 1.29 is 4.92 Å². The van der Waals surface area contributed by atoms with Gasteiger partial charge in [0.05, 0.1) is 5.92 Å². The summed E-state index contributed by atoms with van der Waals surface area (Å²) in [5.74, 6) is -0.272. The molecule has 1 atom stereocenters. The molecule has 0 bridgehead atoms. The van der Waals surface area contributed by atoms with Gasteiger partial charge in [0.1, 0.15) is 0 Å². The minimum absolute atomic E-state index is 0.119. The zero-order valence-corrected chi connectivity index (χ0v) is 13.9. The van der Waals surface area contributed by atoms with E-state index in [9.17, 15) is 10.1 Å². The summed E-state index contributed by atoms with van der Waals surface area (Å²) in [6.07, 6.45) is 2.02. The van der Waals surface area contributed by atoms with Gasteiger partial charge in [-0.1, -0.05) is 60.7 Å². The number of aromatic nitrogens is 1. The number of nitro groups is 1. The number of benzene rings is 3. The molecule has 4 rings (SSSR count). The van der Waals surface area contributed by atoms with Crippen molar-refractivity contribution in [1.82, 2.24) is 4.57 Å². The largest absolute Gasteiger partial charge is 0.350 e. The number of hydrogen-bond acceptors (Lipinski definition) is 2. The molecule has 0 amide bonds. The molecule has 0 aliphatic rings. The number of aryl methyl sites for hydroxylation is 1. The van der Waals surface area contributed by atoms with Crippen LogP contribution in [-0.2, 0) is 7.05 Å². The van der Waals surface area contributed by atoms with Gasteiger partial charge in [-0.05, 0) is 28.0 Å². The molecule has 124 valence electrons. The first kappa shape index (κ1) is 15.4. The molecule has 0 spiro atoms. The van der Waals surface area contributed by atoms with Gasteiger partial charge in [0.25, 0.3) is 0 Å². The average Bonchev–Trinajstić information content (AvgIpc) is 2.96.